The minimum absolute atomic E-state index is 0.0352. The van der Waals surface area contributed by atoms with E-state index in [-0.39, 0.29) is 17.6 Å². The molecule has 3 heterocycles. The molecule has 8 heteroatoms. The average molecular weight is 457 g/mol. The minimum Gasteiger partial charge on any atom is -0.483 e. The van der Waals surface area contributed by atoms with E-state index in [1.807, 2.05) is 46.0 Å². The highest BCUT2D eigenvalue weighted by molar-refractivity contribution is 5.98. The molecule has 174 valence electrons. The predicted molar refractivity (Wildman–Crippen MR) is 132 cm³/mol. The number of rotatable bonds is 5. The largest absolute Gasteiger partial charge is 0.483 e. The van der Waals surface area contributed by atoms with Gasteiger partial charge in [0.1, 0.15) is 29.2 Å². The van der Waals surface area contributed by atoms with Gasteiger partial charge in [-0.15, -0.1) is 0 Å². The van der Waals surface area contributed by atoms with Gasteiger partial charge in [-0.2, -0.15) is 5.10 Å². The number of amides is 1. The molecule has 1 saturated heterocycles. The number of allylic oxidation sites excluding steroid dienone is 2. The quantitative estimate of drug-likeness (QED) is 0.581. The summed E-state index contributed by atoms with van der Waals surface area (Å²) in [4.78, 5) is 22.5. The number of nitrogens with two attached hydrogens (primary N) is 1. The maximum absolute atomic E-state index is 12.0. The molecule has 8 nitrogen and oxygen atoms in total. The highest BCUT2D eigenvalue weighted by Crippen LogP contribution is 2.35. The molecular weight excluding hydrogens is 428 g/mol. The van der Waals surface area contributed by atoms with Crippen LogP contribution >= 0.6 is 0 Å². The number of carbonyl (C=O) groups is 1. The minimum atomic E-state index is -0.356. The average Bonchev–Trinajstić information content (AvgIpc) is 3.25. The zero-order valence-corrected chi connectivity index (χ0v) is 19.2. The first kappa shape index (κ1) is 21.9. The number of nitrogen functional groups attached to an aromatic ring is 1. The van der Waals surface area contributed by atoms with Gasteiger partial charge in [0.2, 0.25) is 5.91 Å². The molecule has 0 spiro atoms. The Kier molecular flexibility index (Phi) is 5.65. The van der Waals surface area contributed by atoms with Gasteiger partial charge in [-0.1, -0.05) is 24.8 Å². The maximum Gasteiger partial charge on any atom is 0.245 e. The number of aromatic nitrogens is 4. The van der Waals surface area contributed by atoms with Gasteiger partial charge in [0.05, 0.1) is 11.4 Å². The Bertz CT molecular complexity index is 1280. The fourth-order valence-corrected chi connectivity index (χ4v) is 4.65. The summed E-state index contributed by atoms with van der Waals surface area (Å²) in [7, 11) is 0. The van der Waals surface area contributed by atoms with Gasteiger partial charge in [-0.25, -0.2) is 14.6 Å². The summed E-state index contributed by atoms with van der Waals surface area (Å²) in [6.07, 6.45) is 13.5. The topological polar surface area (TPSA) is 99.2 Å². The van der Waals surface area contributed by atoms with Crippen LogP contribution in [0.5, 0.6) is 5.75 Å². The molecule has 1 aromatic carbocycles. The number of fused-ring (bicyclic) bond motifs is 1. The van der Waals surface area contributed by atoms with E-state index in [9.17, 15) is 4.79 Å². The van der Waals surface area contributed by atoms with Crippen LogP contribution in [0, 0.1) is 0 Å². The van der Waals surface area contributed by atoms with Crippen LogP contribution in [-0.2, 0) is 4.79 Å². The van der Waals surface area contributed by atoms with Crippen molar-refractivity contribution < 1.29 is 9.53 Å². The molecule has 2 aliphatic rings. The number of hydrogen-bond donors (Lipinski definition) is 1. The Morgan fingerprint density at radius 3 is 2.65 bits per heavy atom. The smallest absolute Gasteiger partial charge is 0.245 e. The highest BCUT2D eigenvalue weighted by Gasteiger charge is 2.27. The number of ether oxygens (including phenoxy) is 1. The number of hydrogen-bond acceptors (Lipinski definition) is 6. The summed E-state index contributed by atoms with van der Waals surface area (Å²) in [6.45, 7) is 6.97. The molecule has 1 aliphatic heterocycles. The van der Waals surface area contributed by atoms with Crippen LogP contribution in [0.2, 0.25) is 0 Å². The van der Waals surface area contributed by atoms with Gasteiger partial charge in [0, 0.05) is 25.1 Å². The number of anilines is 1. The normalized spacial score (nSPS) is 20.6. The summed E-state index contributed by atoms with van der Waals surface area (Å²) in [6, 6.07) is 8.01. The maximum atomic E-state index is 12.0. The third-order valence-corrected chi connectivity index (χ3v) is 6.51. The molecule has 0 radical (unpaired) electrons. The van der Waals surface area contributed by atoms with Crippen molar-refractivity contribution in [3.05, 3.63) is 67.6 Å². The lowest BCUT2D eigenvalue weighted by atomic mass is 9.97. The van der Waals surface area contributed by atoms with Gasteiger partial charge in [0.15, 0.2) is 5.65 Å². The van der Waals surface area contributed by atoms with Gasteiger partial charge >= 0.3 is 0 Å². The molecule has 34 heavy (non-hydrogen) atoms. The Morgan fingerprint density at radius 1 is 1.21 bits per heavy atom. The lowest BCUT2D eigenvalue weighted by Gasteiger charge is -2.31. The van der Waals surface area contributed by atoms with E-state index in [1.54, 1.807) is 0 Å². The first-order chi connectivity index (χ1) is 16.5. The molecule has 1 atom stereocenters. The van der Waals surface area contributed by atoms with Crippen LogP contribution < -0.4 is 10.5 Å². The van der Waals surface area contributed by atoms with Gasteiger partial charge in [0.25, 0.3) is 0 Å². The van der Waals surface area contributed by atoms with Crippen LogP contribution in [0.1, 0.15) is 32.2 Å². The van der Waals surface area contributed by atoms with Gasteiger partial charge in [-0.05, 0) is 56.2 Å². The second kappa shape index (κ2) is 8.78. The molecule has 1 unspecified atom stereocenters. The van der Waals surface area contributed by atoms with Crippen LogP contribution in [0.4, 0.5) is 5.82 Å². The molecular formula is C26H28N6O2. The Labute approximate surface area is 198 Å². The van der Waals surface area contributed by atoms with E-state index < -0.39 is 0 Å². The fraction of sp³-hybridized carbons (Fsp3) is 0.308. The lowest BCUT2D eigenvalue weighted by Crippen LogP contribution is -2.38. The molecule has 2 N–H and O–H groups in total. The Hall–Kier alpha value is -3.94. The van der Waals surface area contributed by atoms with Crippen molar-refractivity contribution in [2.75, 3.05) is 18.8 Å². The third kappa shape index (κ3) is 4.07. The fourth-order valence-electron chi connectivity index (χ4n) is 4.65. The number of carbonyl (C=O) groups excluding carboxylic acids is 1. The van der Waals surface area contributed by atoms with E-state index in [1.165, 1.54) is 12.4 Å². The molecule has 0 saturated carbocycles. The Morgan fingerprint density at radius 2 is 1.97 bits per heavy atom. The van der Waals surface area contributed by atoms with Crippen LogP contribution in [0.3, 0.4) is 0 Å². The van der Waals surface area contributed by atoms with E-state index in [0.29, 0.717) is 24.6 Å². The number of benzene rings is 1. The molecule has 5 rings (SSSR count). The van der Waals surface area contributed by atoms with Crippen molar-refractivity contribution in [1.82, 2.24) is 24.6 Å². The van der Waals surface area contributed by atoms with Gasteiger partial charge in [-0.3, -0.25) is 4.79 Å². The van der Waals surface area contributed by atoms with E-state index in [4.69, 9.17) is 15.6 Å². The standard InChI is InChI=1S/C26H28N6O2/c1-3-21(33)31-15-11-19(12-16-31)32-25-22(24(27)28-17-29-25)23(30-32)18-7-9-20(10-8-18)34-26(2)13-5-4-6-14-26/h3-10,13,17,19H,1,11-12,14-16H2,2H3,(H2,27,28,29). The van der Waals surface area contributed by atoms with Crippen molar-refractivity contribution in [3.63, 3.8) is 0 Å². The molecule has 0 bridgehead atoms. The SMILES string of the molecule is C=CC(=O)N1CCC(n2nc(-c3ccc(OC4(C)C=CC=CC4)cc3)c3c(N)ncnc32)CC1. The second-order valence-electron chi connectivity index (χ2n) is 8.94. The predicted octanol–water partition coefficient (Wildman–Crippen LogP) is 4.08. The zero-order valence-electron chi connectivity index (χ0n) is 19.2. The van der Waals surface area contributed by atoms with Crippen molar-refractivity contribution >= 4 is 22.8 Å². The summed E-state index contributed by atoms with van der Waals surface area (Å²) >= 11 is 0. The second-order valence-corrected chi connectivity index (χ2v) is 8.94. The summed E-state index contributed by atoms with van der Waals surface area (Å²) in [5.41, 5.74) is 8.30. The van der Waals surface area contributed by atoms with Crippen LogP contribution in [-0.4, -0.2) is 49.2 Å². The van der Waals surface area contributed by atoms with Crippen molar-refractivity contribution in [2.45, 2.75) is 37.8 Å². The van der Waals surface area contributed by atoms with Crippen molar-refractivity contribution in [1.29, 1.82) is 0 Å². The van der Waals surface area contributed by atoms with Crippen molar-refractivity contribution in [2.24, 2.45) is 0 Å². The third-order valence-electron chi connectivity index (χ3n) is 6.51. The van der Waals surface area contributed by atoms with E-state index in [2.05, 4.69) is 35.6 Å². The molecule has 1 fully saturated rings. The highest BCUT2D eigenvalue weighted by atomic mass is 16.5. The first-order valence-electron chi connectivity index (χ1n) is 11.5. The molecule has 1 amide bonds. The lowest BCUT2D eigenvalue weighted by molar-refractivity contribution is -0.127. The van der Waals surface area contributed by atoms with Crippen molar-refractivity contribution in [3.8, 4) is 17.0 Å². The molecule has 3 aromatic rings. The number of piperidine rings is 1. The van der Waals surface area contributed by atoms with Crippen LogP contribution in [0.15, 0.2) is 67.6 Å². The summed E-state index contributed by atoms with van der Waals surface area (Å²) in [5.74, 6) is 1.16. The molecule has 2 aromatic heterocycles. The van der Waals surface area contributed by atoms with Gasteiger partial charge < -0.3 is 15.4 Å². The number of nitrogens with zero attached hydrogens (tertiary/aromatic N) is 5. The first-order valence-corrected chi connectivity index (χ1v) is 11.5. The Balaban J connectivity index is 1.44. The van der Waals surface area contributed by atoms with E-state index >= 15 is 0 Å². The molecule has 1 aliphatic carbocycles. The van der Waals surface area contributed by atoms with Crippen LogP contribution in [0.25, 0.3) is 22.3 Å². The van der Waals surface area contributed by atoms with E-state index in [0.717, 1.165) is 41.7 Å². The number of likely N-dealkylation sites (tertiary alicyclic amines) is 1. The summed E-state index contributed by atoms with van der Waals surface area (Å²) in [5, 5.41) is 5.69. The zero-order chi connectivity index (χ0) is 23.7. The summed E-state index contributed by atoms with van der Waals surface area (Å²) < 4.78 is 8.18. The monoisotopic (exact) mass is 456 g/mol.